The smallest absolute Gasteiger partial charge is 0.0818 e. The van der Waals surface area contributed by atoms with Crippen molar-refractivity contribution in [1.82, 2.24) is 0 Å². The first-order valence-corrected chi connectivity index (χ1v) is 3.09. The van der Waals surface area contributed by atoms with E-state index in [1.807, 2.05) is 13.8 Å². The minimum absolute atomic E-state index is 0.706. The highest BCUT2D eigenvalue weighted by Gasteiger charge is 1.96. The van der Waals surface area contributed by atoms with E-state index >= 15 is 0 Å². The lowest BCUT2D eigenvalue weighted by molar-refractivity contribution is 0.318. The van der Waals surface area contributed by atoms with Gasteiger partial charge < -0.3 is 5.21 Å². The van der Waals surface area contributed by atoms with E-state index in [4.69, 9.17) is 5.21 Å². The van der Waals surface area contributed by atoms with E-state index in [1.54, 1.807) is 0 Å². The molecule has 0 heterocycles. The van der Waals surface area contributed by atoms with Crippen molar-refractivity contribution in [2.75, 3.05) is 0 Å². The molecule has 0 amide bonds. The van der Waals surface area contributed by atoms with Crippen LogP contribution >= 0.6 is 0 Å². The molecule has 0 saturated carbocycles. The Morgan fingerprint density at radius 3 is 2.33 bits per heavy atom. The second-order valence-corrected chi connectivity index (χ2v) is 2.08. The molecule has 0 spiro atoms. The molecule has 9 heavy (non-hydrogen) atoms. The van der Waals surface area contributed by atoms with E-state index in [0.29, 0.717) is 5.71 Å². The fourth-order valence-electron chi connectivity index (χ4n) is 0.586. The van der Waals surface area contributed by atoms with Crippen LogP contribution in [0.4, 0.5) is 0 Å². The molecular weight excluding hydrogens is 114 g/mol. The van der Waals surface area contributed by atoms with Gasteiger partial charge in [0.05, 0.1) is 5.71 Å². The summed E-state index contributed by atoms with van der Waals surface area (Å²) in [6.45, 7) is 7.53. The lowest BCUT2D eigenvalue weighted by Crippen LogP contribution is -1.97. The van der Waals surface area contributed by atoms with Crippen LogP contribution < -0.4 is 0 Å². The number of hydrogen-bond donors (Lipinski definition) is 1. The molecule has 52 valence electrons. The Morgan fingerprint density at radius 1 is 1.67 bits per heavy atom. The fourth-order valence-corrected chi connectivity index (χ4v) is 0.586. The maximum atomic E-state index is 8.35. The number of allylic oxidation sites excluding steroid dienone is 1. The molecular formula is C7H13NO. The maximum Gasteiger partial charge on any atom is 0.0818 e. The van der Waals surface area contributed by atoms with Gasteiger partial charge in [-0.1, -0.05) is 25.1 Å². The van der Waals surface area contributed by atoms with Crippen LogP contribution in [0.5, 0.6) is 0 Å². The van der Waals surface area contributed by atoms with Crippen LogP contribution in [0.1, 0.15) is 26.7 Å². The Morgan fingerprint density at radius 2 is 2.22 bits per heavy atom. The second kappa shape index (κ2) is 4.13. The monoisotopic (exact) mass is 127 g/mol. The number of hydrogen-bond acceptors (Lipinski definition) is 2. The largest absolute Gasteiger partial charge is 0.411 e. The van der Waals surface area contributed by atoms with Gasteiger partial charge in [-0.05, 0) is 18.9 Å². The molecule has 2 heteroatoms. The first kappa shape index (κ1) is 8.21. The van der Waals surface area contributed by atoms with Crippen LogP contribution in [0.25, 0.3) is 0 Å². The van der Waals surface area contributed by atoms with Crippen molar-refractivity contribution in [3.05, 3.63) is 12.2 Å². The first-order chi connectivity index (χ1) is 4.22. The zero-order valence-electron chi connectivity index (χ0n) is 6.02. The van der Waals surface area contributed by atoms with Crippen LogP contribution in [-0.2, 0) is 0 Å². The molecule has 0 aromatic carbocycles. The normalized spacial score (nSPS) is 11.6. The minimum atomic E-state index is 0.706. The Balaban J connectivity index is 3.85. The van der Waals surface area contributed by atoms with E-state index < -0.39 is 0 Å². The highest BCUT2D eigenvalue weighted by molar-refractivity contribution is 5.98. The summed E-state index contributed by atoms with van der Waals surface area (Å²) in [4.78, 5) is 0. The predicted octanol–water partition coefficient (Wildman–Crippen LogP) is 2.19. The number of nitrogens with zero attached hydrogens (tertiary/aromatic N) is 1. The van der Waals surface area contributed by atoms with E-state index in [9.17, 15) is 0 Å². The SMILES string of the molecule is C=C(C)/C(CCC)=N/O. The number of oxime groups is 1. The van der Waals surface area contributed by atoms with Gasteiger partial charge in [0, 0.05) is 0 Å². The zero-order valence-corrected chi connectivity index (χ0v) is 6.02. The molecule has 0 saturated heterocycles. The molecule has 1 N–H and O–H groups in total. The van der Waals surface area contributed by atoms with Crippen molar-refractivity contribution in [3.8, 4) is 0 Å². The van der Waals surface area contributed by atoms with Crippen LogP contribution in [0.3, 0.4) is 0 Å². The van der Waals surface area contributed by atoms with Gasteiger partial charge >= 0.3 is 0 Å². The molecule has 0 radical (unpaired) electrons. The average molecular weight is 127 g/mol. The lowest BCUT2D eigenvalue weighted by Gasteiger charge is -1.98. The molecule has 0 fully saturated rings. The zero-order chi connectivity index (χ0) is 7.28. The van der Waals surface area contributed by atoms with Crippen molar-refractivity contribution in [3.63, 3.8) is 0 Å². The molecule has 0 aromatic rings. The summed E-state index contributed by atoms with van der Waals surface area (Å²) in [5.41, 5.74) is 1.55. The van der Waals surface area contributed by atoms with Crippen molar-refractivity contribution < 1.29 is 5.21 Å². The molecule has 0 aliphatic heterocycles. The summed E-state index contributed by atoms with van der Waals surface area (Å²) in [6.07, 6.45) is 1.80. The third kappa shape index (κ3) is 2.90. The summed E-state index contributed by atoms with van der Waals surface area (Å²) < 4.78 is 0. The van der Waals surface area contributed by atoms with E-state index in [1.165, 1.54) is 0 Å². The molecule has 2 nitrogen and oxygen atoms in total. The van der Waals surface area contributed by atoms with E-state index in [2.05, 4.69) is 11.7 Å². The predicted molar refractivity (Wildman–Crippen MR) is 38.9 cm³/mol. The van der Waals surface area contributed by atoms with Crippen LogP contribution in [0.2, 0.25) is 0 Å². The average Bonchev–Trinajstić information content (AvgIpc) is 1.82. The Kier molecular flexibility index (Phi) is 3.76. The third-order valence-corrected chi connectivity index (χ3v) is 1.10. The summed E-state index contributed by atoms with van der Waals surface area (Å²) >= 11 is 0. The molecule has 0 rings (SSSR count). The molecule has 0 atom stereocenters. The van der Waals surface area contributed by atoms with Crippen LogP contribution in [-0.4, -0.2) is 10.9 Å². The third-order valence-electron chi connectivity index (χ3n) is 1.10. The van der Waals surface area contributed by atoms with Gasteiger partial charge in [-0.2, -0.15) is 0 Å². The molecule has 0 unspecified atom stereocenters. The topological polar surface area (TPSA) is 32.6 Å². The van der Waals surface area contributed by atoms with Crippen molar-refractivity contribution in [1.29, 1.82) is 0 Å². The molecule has 0 aliphatic carbocycles. The standard InChI is InChI=1S/C7H13NO/c1-4-5-7(8-9)6(2)3/h9H,2,4-5H2,1,3H3/b8-7+. The molecule has 0 aliphatic rings. The summed E-state index contributed by atoms with van der Waals surface area (Å²) in [6, 6.07) is 0. The van der Waals surface area contributed by atoms with Gasteiger partial charge in [-0.15, -0.1) is 0 Å². The van der Waals surface area contributed by atoms with Gasteiger partial charge in [0.2, 0.25) is 0 Å². The fraction of sp³-hybridized carbons (Fsp3) is 0.571. The van der Waals surface area contributed by atoms with Crippen molar-refractivity contribution in [2.24, 2.45) is 5.16 Å². The minimum Gasteiger partial charge on any atom is -0.411 e. The van der Waals surface area contributed by atoms with Crippen molar-refractivity contribution in [2.45, 2.75) is 26.7 Å². The van der Waals surface area contributed by atoms with Gasteiger partial charge in [0.1, 0.15) is 0 Å². The molecule has 0 aromatic heterocycles. The Labute approximate surface area is 55.9 Å². The summed E-state index contributed by atoms with van der Waals surface area (Å²) in [5, 5.41) is 11.4. The Bertz CT molecular complexity index is 127. The maximum absolute atomic E-state index is 8.35. The van der Waals surface area contributed by atoms with Crippen molar-refractivity contribution >= 4 is 5.71 Å². The second-order valence-electron chi connectivity index (χ2n) is 2.08. The summed E-state index contributed by atoms with van der Waals surface area (Å²) in [7, 11) is 0. The lowest BCUT2D eigenvalue weighted by atomic mass is 10.1. The van der Waals surface area contributed by atoms with Crippen LogP contribution in [0, 0.1) is 0 Å². The van der Waals surface area contributed by atoms with Gasteiger partial charge in [-0.25, -0.2) is 0 Å². The Hall–Kier alpha value is -0.790. The van der Waals surface area contributed by atoms with Crippen LogP contribution in [0.15, 0.2) is 17.3 Å². The molecule has 0 bridgehead atoms. The quantitative estimate of drug-likeness (QED) is 0.352. The number of rotatable bonds is 3. The highest BCUT2D eigenvalue weighted by Crippen LogP contribution is 2.00. The first-order valence-electron chi connectivity index (χ1n) is 3.09. The summed E-state index contributed by atoms with van der Waals surface area (Å²) in [5.74, 6) is 0. The van der Waals surface area contributed by atoms with Gasteiger partial charge in [0.25, 0.3) is 0 Å². The highest BCUT2D eigenvalue weighted by atomic mass is 16.4. The van der Waals surface area contributed by atoms with Gasteiger partial charge in [-0.3, -0.25) is 0 Å². The van der Waals surface area contributed by atoms with E-state index in [0.717, 1.165) is 18.4 Å². The van der Waals surface area contributed by atoms with E-state index in [-0.39, 0.29) is 0 Å². The van der Waals surface area contributed by atoms with Gasteiger partial charge in [0.15, 0.2) is 0 Å².